The summed E-state index contributed by atoms with van der Waals surface area (Å²) in [6.45, 7) is 20.7. The van der Waals surface area contributed by atoms with Gasteiger partial charge in [0, 0.05) is 6.54 Å². The van der Waals surface area contributed by atoms with Crippen LogP contribution in [0, 0.1) is 29.1 Å². The number of primary amides is 1. The molecule has 0 saturated heterocycles. The fourth-order valence-corrected chi connectivity index (χ4v) is 3.48. The van der Waals surface area contributed by atoms with Gasteiger partial charge in [0.05, 0.1) is 0 Å². The van der Waals surface area contributed by atoms with E-state index in [0.29, 0.717) is 17.8 Å². The molecule has 0 aromatic carbocycles. The van der Waals surface area contributed by atoms with E-state index in [2.05, 4.69) is 67.6 Å². The molecule has 3 N–H and O–H groups in total. The molecule has 0 aliphatic carbocycles. The summed E-state index contributed by atoms with van der Waals surface area (Å²) in [5.74, 6) is 1.64. The average molecular weight is 327 g/mol. The van der Waals surface area contributed by atoms with Crippen LogP contribution in [0.15, 0.2) is 0 Å². The molecule has 0 aliphatic rings. The van der Waals surface area contributed by atoms with Crippen LogP contribution in [0.1, 0.15) is 81.6 Å². The van der Waals surface area contributed by atoms with Crippen molar-refractivity contribution in [2.45, 2.75) is 87.1 Å². The first kappa shape index (κ1) is 22.4. The van der Waals surface area contributed by atoms with Crippen molar-refractivity contribution in [2.75, 3.05) is 6.54 Å². The van der Waals surface area contributed by atoms with Crippen molar-refractivity contribution >= 4 is 5.91 Å². The molecule has 0 radical (unpaired) electrons. The van der Waals surface area contributed by atoms with Crippen molar-refractivity contribution in [1.29, 1.82) is 0 Å². The van der Waals surface area contributed by atoms with Gasteiger partial charge in [-0.2, -0.15) is 0 Å². The second-order valence-electron chi connectivity index (χ2n) is 9.80. The lowest BCUT2D eigenvalue weighted by Gasteiger charge is -2.43. The first-order valence-electron chi connectivity index (χ1n) is 9.35. The lowest BCUT2D eigenvalue weighted by atomic mass is 9.70. The van der Waals surface area contributed by atoms with Crippen molar-refractivity contribution in [1.82, 2.24) is 5.32 Å². The van der Waals surface area contributed by atoms with E-state index in [1.54, 1.807) is 0 Å². The normalized spacial score (nSPS) is 15.7. The van der Waals surface area contributed by atoms with Gasteiger partial charge in [-0.3, -0.25) is 4.79 Å². The zero-order valence-corrected chi connectivity index (χ0v) is 17.1. The molecule has 0 spiro atoms. The number of nitrogens with one attached hydrogen (secondary N) is 1. The minimum atomic E-state index is -0.601. The summed E-state index contributed by atoms with van der Waals surface area (Å²) < 4.78 is 0. The molecule has 0 aromatic rings. The summed E-state index contributed by atoms with van der Waals surface area (Å²) in [5, 5.41) is 3.64. The monoisotopic (exact) mass is 326 g/mol. The molecule has 1 atom stereocenters. The van der Waals surface area contributed by atoms with Gasteiger partial charge in [-0.1, -0.05) is 62.3 Å². The van der Waals surface area contributed by atoms with Crippen LogP contribution < -0.4 is 11.1 Å². The van der Waals surface area contributed by atoms with Gasteiger partial charge in [0.25, 0.3) is 0 Å². The Morgan fingerprint density at radius 3 is 1.61 bits per heavy atom. The highest BCUT2D eigenvalue weighted by atomic mass is 16.1. The summed E-state index contributed by atoms with van der Waals surface area (Å²) in [7, 11) is 0. The van der Waals surface area contributed by atoms with Crippen LogP contribution in [0.5, 0.6) is 0 Å². The van der Waals surface area contributed by atoms with Crippen LogP contribution in [0.4, 0.5) is 0 Å². The molecule has 0 rings (SSSR count). The molecule has 0 heterocycles. The lowest BCUT2D eigenvalue weighted by molar-refractivity contribution is -0.128. The quantitative estimate of drug-likeness (QED) is 0.616. The Hall–Kier alpha value is -0.570. The molecular weight excluding hydrogens is 284 g/mol. The predicted octanol–water partition coefficient (Wildman–Crippen LogP) is 4.60. The highest BCUT2D eigenvalue weighted by Crippen LogP contribution is 2.35. The third-order valence-corrected chi connectivity index (χ3v) is 4.31. The maximum Gasteiger partial charge on any atom is 0.238 e. The maximum atomic E-state index is 12.6. The Balaban J connectivity index is 5.73. The summed E-state index contributed by atoms with van der Waals surface area (Å²) in [4.78, 5) is 12.6. The van der Waals surface area contributed by atoms with E-state index in [9.17, 15) is 4.79 Å². The van der Waals surface area contributed by atoms with Crippen LogP contribution in [-0.4, -0.2) is 18.0 Å². The maximum absolute atomic E-state index is 12.6. The summed E-state index contributed by atoms with van der Waals surface area (Å²) in [6.07, 6.45) is 2.87. The molecule has 0 aliphatic heterocycles. The van der Waals surface area contributed by atoms with E-state index < -0.39 is 5.54 Å². The standard InChI is InChI=1S/C20H42N2O/c1-14(2)10-17(11-15(3)4)20(18(21)23,12-16(5)6)22-13-19(7,8)9/h14-17,22H,10-13H2,1-9H3,(H2,21,23). The molecule has 1 amide bonds. The summed E-state index contributed by atoms with van der Waals surface area (Å²) in [5.41, 5.74) is 5.52. The second kappa shape index (κ2) is 9.05. The number of carbonyl (C=O) groups is 1. The van der Waals surface area contributed by atoms with Crippen molar-refractivity contribution < 1.29 is 4.79 Å². The van der Waals surface area contributed by atoms with Crippen LogP contribution >= 0.6 is 0 Å². The summed E-state index contributed by atoms with van der Waals surface area (Å²) in [6, 6.07) is 0. The van der Waals surface area contributed by atoms with Crippen molar-refractivity contribution in [3.05, 3.63) is 0 Å². The van der Waals surface area contributed by atoms with Gasteiger partial charge in [0.2, 0.25) is 5.91 Å². The molecule has 0 saturated carbocycles. The van der Waals surface area contributed by atoms with E-state index in [1.165, 1.54) is 0 Å². The molecule has 3 heteroatoms. The van der Waals surface area contributed by atoms with Crippen LogP contribution in [0.3, 0.4) is 0 Å². The van der Waals surface area contributed by atoms with Crippen molar-refractivity contribution in [3.8, 4) is 0 Å². The van der Waals surface area contributed by atoms with Crippen LogP contribution in [-0.2, 0) is 4.79 Å². The number of carbonyl (C=O) groups excluding carboxylic acids is 1. The zero-order valence-electron chi connectivity index (χ0n) is 17.1. The zero-order chi connectivity index (χ0) is 18.4. The van der Waals surface area contributed by atoms with Crippen molar-refractivity contribution in [2.24, 2.45) is 34.8 Å². The fraction of sp³-hybridized carbons (Fsp3) is 0.950. The van der Waals surface area contributed by atoms with Gasteiger partial charge in [-0.05, 0) is 48.3 Å². The van der Waals surface area contributed by atoms with Crippen LogP contribution in [0.25, 0.3) is 0 Å². The molecule has 1 unspecified atom stereocenters. The second-order valence-corrected chi connectivity index (χ2v) is 9.80. The minimum absolute atomic E-state index is 0.123. The van der Waals surface area contributed by atoms with Gasteiger partial charge >= 0.3 is 0 Å². The van der Waals surface area contributed by atoms with Gasteiger partial charge in [0.15, 0.2) is 0 Å². The Labute approximate surface area is 145 Å². The Kier molecular flexibility index (Phi) is 8.83. The predicted molar refractivity (Wildman–Crippen MR) is 101 cm³/mol. The third kappa shape index (κ3) is 8.19. The highest BCUT2D eigenvalue weighted by Gasteiger charge is 2.44. The van der Waals surface area contributed by atoms with E-state index >= 15 is 0 Å². The van der Waals surface area contributed by atoms with E-state index in [0.717, 1.165) is 25.8 Å². The summed E-state index contributed by atoms with van der Waals surface area (Å²) >= 11 is 0. The number of rotatable bonds is 10. The molecule has 0 aromatic heterocycles. The molecule has 23 heavy (non-hydrogen) atoms. The Morgan fingerprint density at radius 1 is 0.913 bits per heavy atom. The molecule has 0 bridgehead atoms. The highest BCUT2D eigenvalue weighted by molar-refractivity contribution is 5.85. The van der Waals surface area contributed by atoms with E-state index in [4.69, 9.17) is 5.73 Å². The van der Waals surface area contributed by atoms with Crippen molar-refractivity contribution in [3.63, 3.8) is 0 Å². The third-order valence-electron chi connectivity index (χ3n) is 4.31. The number of hydrogen-bond donors (Lipinski definition) is 2. The number of hydrogen-bond acceptors (Lipinski definition) is 2. The average Bonchev–Trinajstić information content (AvgIpc) is 2.30. The Bertz CT molecular complexity index is 345. The Morgan fingerprint density at radius 2 is 1.35 bits per heavy atom. The molecule has 0 fully saturated rings. The molecule has 138 valence electrons. The molecule has 3 nitrogen and oxygen atoms in total. The van der Waals surface area contributed by atoms with Crippen LogP contribution in [0.2, 0.25) is 0 Å². The minimum Gasteiger partial charge on any atom is -0.368 e. The van der Waals surface area contributed by atoms with Gasteiger partial charge in [-0.15, -0.1) is 0 Å². The van der Waals surface area contributed by atoms with Gasteiger partial charge < -0.3 is 11.1 Å². The van der Waals surface area contributed by atoms with E-state index in [1.807, 2.05) is 0 Å². The first-order valence-corrected chi connectivity index (χ1v) is 9.35. The molecular formula is C20H42N2O. The lowest BCUT2D eigenvalue weighted by Crippen LogP contribution is -2.62. The number of nitrogens with two attached hydrogens (primary N) is 1. The van der Waals surface area contributed by atoms with E-state index in [-0.39, 0.29) is 17.2 Å². The fourth-order valence-electron chi connectivity index (χ4n) is 3.48. The topological polar surface area (TPSA) is 55.1 Å². The van der Waals surface area contributed by atoms with Gasteiger partial charge in [0.1, 0.15) is 5.54 Å². The smallest absolute Gasteiger partial charge is 0.238 e. The number of amides is 1. The SMILES string of the molecule is CC(C)CC(CC(C)C)C(CC(C)C)(NCC(C)(C)C)C(N)=O. The van der Waals surface area contributed by atoms with Gasteiger partial charge in [-0.25, -0.2) is 0 Å². The largest absolute Gasteiger partial charge is 0.368 e. The first-order chi connectivity index (χ1) is 10.3.